The summed E-state index contributed by atoms with van der Waals surface area (Å²) in [6, 6.07) is 3.49. The number of fused-ring (bicyclic) bond motifs is 2. The van der Waals surface area contributed by atoms with Gasteiger partial charge in [-0.2, -0.15) is 26.7 Å². The van der Waals surface area contributed by atoms with Crippen molar-refractivity contribution in [2.45, 2.75) is 63.9 Å². The van der Waals surface area contributed by atoms with Crippen LogP contribution in [0.1, 0.15) is 39.4 Å². The van der Waals surface area contributed by atoms with Gasteiger partial charge in [-0.05, 0) is 42.6 Å². The van der Waals surface area contributed by atoms with E-state index in [2.05, 4.69) is 14.3 Å². The predicted octanol–water partition coefficient (Wildman–Crippen LogP) is 7.79. The highest BCUT2D eigenvalue weighted by atomic mass is 32.2. The number of thiophene rings is 1. The smallest absolute Gasteiger partial charge is 0.490 e. The van der Waals surface area contributed by atoms with Crippen molar-refractivity contribution in [2.24, 2.45) is 0 Å². The molecule has 1 aromatic carbocycles. The second kappa shape index (κ2) is 12.8. The van der Waals surface area contributed by atoms with Crippen molar-refractivity contribution in [3.8, 4) is 34.1 Å². The van der Waals surface area contributed by atoms with Crippen molar-refractivity contribution >= 4 is 46.0 Å². The molecule has 0 bridgehead atoms. The number of carboxylic acid groups (broad SMARTS) is 1. The molecule has 0 saturated heterocycles. The van der Waals surface area contributed by atoms with Crippen molar-refractivity contribution < 1.29 is 53.6 Å². The molecule has 3 aromatic heterocycles. The number of hydrogen-bond acceptors (Lipinski definition) is 9. The lowest BCUT2D eigenvalue weighted by atomic mass is 9.98. The molecule has 5 rings (SSSR count). The van der Waals surface area contributed by atoms with E-state index < -0.39 is 53.6 Å². The standard InChI is InChI=1S/C30H33F5N4O7S2Si/c1-16-21-15-20(37-39(21)9-8-38(16)28(40)41)25-24(26-18(7-12-47-26)27(36-25)46-48(42,43)30(33,34)35)23-19(32)13-17(31)14-22(23)44-10-11-45-49(5,6)29(2,3)4/h7,12-16H,8-11H2,1-6H3,(H,40,41)/t16-/m0/s1. The van der Waals surface area contributed by atoms with Gasteiger partial charge in [-0.15, -0.1) is 11.3 Å². The molecule has 1 aliphatic rings. The number of ether oxygens (including phenoxy) is 1. The number of pyridine rings is 1. The number of alkyl halides is 3. The van der Waals surface area contributed by atoms with Crippen LogP contribution in [0.2, 0.25) is 18.1 Å². The van der Waals surface area contributed by atoms with Gasteiger partial charge in [0.1, 0.15) is 35.4 Å². The molecule has 1 atom stereocenters. The van der Waals surface area contributed by atoms with E-state index in [9.17, 15) is 35.9 Å². The molecule has 4 heterocycles. The van der Waals surface area contributed by atoms with Crippen molar-refractivity contribution in [3.05, 3.63) is 47.0 Å². The molecule has 0 fully saturated rings. The molecule has 1 amide bonds. The van der Waals surface area contributed by atoms with Gasteiger partial charge >= 0.3 is 21.7 Å². The molecule has 0 aliphatic carbocycles. The van der Waals surface area contributed by atoms with Crippen LogP contribution in [0.3, 0.4) is 0 Å². The Hall–Kier alpha value is -3.81. The van der Waals surface area contributed by atoms with E-state index in [1.165, 1.54) is 22.2 Å². The molecular formula is C30H33F5N4O7S2Si. The van der Waals surface area contributed by atoms with Crippen LogP contribution in [0.15, 0.2) is 29.6 Å². The SMILES string of the molecule is C[C@H]1c2cc(-c3nc(OS(=O)(=O)C(F)(F)F)c4ccsc4c3-c3c(F)cc(F)cc3OCCO[Si](C)(C)C(C)(C)C)nn2CCN1C(=O)O. The number of aromatic nitrogens is 3. The first-order valence-corrected chi connectivity index (χ1v) is 20.1. The lowest BCUT2D eigenvalue weighted by Gasteiger charge is -2.36. The van der Waals surface area contributed by atoms with Crippen LogP contribution in [-0.2, 0) is 21.1 Å². The average molecular weight is 749 g/mol. The molecule has 0 spiro atoms. The number of benzene rings is 1. The summed E-state index contributed by atoms with van der Waals surface area (Å²) in [4.78, 5) is 17.1. The number of halogens is 5. The van der Waals surface area contributed by atoms with E-state index in [0.717, 1.165) is 22.3 Å². The molecule has 1 N–H and O–H groups in total. The van der Waals surface area contributed by atoms with Gasteiger partial charge in [-0.3, -0.25) is 9.58 Å². The van der Waals surface area contributed by atoms with E-state index in [1.54, 1.807) is 6.92 Å². The first-order valence-electron chi connectivity index (χ1n) is 14.9. The largest absolute Gasteiger partial charge is 0.534 e. The zero-order valence-corrected chi connectivity index (χ0v) is 29.8. The zero-order valence-electron chi connectivity index (χ0n) is 27.2. The van der Waals surface area contributed by atoms with Crippen molar-refractivity contribution in [1.29, 1.82) is 0 Å². The molecule has 1 aliphatic heterocycles. The summed E-state index contributed by atoms with van der Waals surface area (Å²) in [5.41, 5.74) is -6.20. The van der Waals surface area contributed by atoms with Crippen LogP contribution in [0, 0.1) is 11.6 Å². The summed E-state index contributed by atoms with van der Waals surface area (Å²) < 4.78 is 113. The highest BCUT2D eigenvalue weighted by molar-refractivity contribution is 7.88. The van der Waals surface area contributed by atoms with Crippen molar-refractivity contribution in [1.82, 2.24) is 19.7 Å². The predicted molar refractivity (Wildman–Crippen MR) is 174 cm³/mol. The van der Waals surface area contributed by atoms with E-state index >= 15 is 4.39 Å². The maximum atomic E-state index is 16.0. The maximum absolute atomic E-state index is 16.0. The monoisotopic (exact) mass is 748 g/mol. The van der Waals surface area contributed by atoms with Gasteiger partial charge in [-0.25, -0.2) is 18.6 Å². The molecule has 0 saturated carbocycles. The quantitative estimate of drug-likeness (QED) is 0.0599. The molecule has 0 unspecified atom stereocenters. The normalized spacial score (nSPS) is 15.8. The molecule has 19 heteroatoms. The Morgan fingerprint density at radius 1 is 1.10 bits per heavy atom. The van der Waals surface area contributed by atoms with E-state index in [0.29, 0.717) is 11.8 Å². The lowest BCUT2D eigenvalue weighted by molar-refractivity contribution is -0.0500. The van der Waals surface area contributed by atoms with Crippen molar-refractivity contribution in [3.63, 3.8) is 0 Å². The van der Waals surface area contributed by atoms with Crippen molar-refractivity contribution in [2.75, 3.05) is 19.8 Å². The molecule has 0 radical (unpaired) electrons. The topological polar surface area (TPSA) is 133 Å². The average Bonchev–Trinajstić information content (AvgIpc) is 3.63. The van der Waals surface area contributed by atoms with Crippen LogP contribution in [-0.4, -0.2) is 72.9 Å². The van der Waals surface area contributed by atoms with Crippen LogP contribution < -0.4 is 8.92 Å². The molecular weight excluding hydrogens is 716 g/mol. The Kier molecular flexibility index (Phi) is 9.54. The van der Waals surface area contributed by atoms with Crippen LogP contribution >= 0.6 is 11.3 Å². The minimum atomic E-state index is -6.20. The number of nitrogens with zero attached hydrogens (tertiary/aromatic N) is 4. The minimum Gasteiger partial charge on any atom is -0.490 e. The fourth-order valence-electron chi connectivity index (χ4n) is 5.08. The Morgan fingerprint density at radius 3 is 2.43 bits per heavy atom. The van der Waals surface area contributed by atoms with Gasteiger partial charge < -0.3 is 18.5 Å². The second-order valence-corrected chi connectivity index (χ2v) is 20.1. The van der Waals surface area contributed by atoms with Gasteiger partial charge in [0.15, 0.2) is 8.32 Å². The zero-order chi connectivity index (χ0) is 36.3. The number of amides is 1. The van der Waals surface area contributed by atoms with Gasteiger partial charge in [0.2, 0.25) is 5.88 Å². The molecule has 11 nitrogen and oxygen atoms in total. The Bertz CT molecular complexity index is 2030. The van der Waals surface area contributed by atoms with Crippen LogP contribution in [0.5, 0.6) is 11.6 Å². The highest BCUT2D eigenvalue weighted by Gasteiger charge is 2.49. The van der Waals surface area contributed by atoms with Crippen LogP contribution in [0.25, 0.3) is 32.6 Å². The lowest BCUT2D eigenvalue weighted by Crippen LogP contribution is -2.41. The van der Waals surface area contributed by atoms with Gasteiger partial charge in [0.05, 0.1) is 40.5 Å². The third kappa shape index (κ3) is 6.97. The summed E-state index contributed by atoms with van der Waals surface area (Å²) >= 11 is 0.909. The number of hydrogen-bond donors (Lipinski definition) is 1. The highest BCUT2D eigenvalue weighted by Crippen LogP contribution is 2.48. The van der Waals surface area contributed by atoms with Gasteiger partial charge in [-0.1, -0.05) is 20.8 Å². The Balaban J connectivity index is 1.71. The van der Waals surface area contributed by atoms with Crippen LogP contribution in [0.4, 0.5) is 26.7 Å². The maximum Gasteiger partial charge on any atom is 0.534 e. The number of carbonyl (C=O) groups is 1. The third-order valence-corrected chi connectivity index (χ3v) is 15.1. The van der Waals surface area contributed by atoms with E-state index in [1.807, 2.05) is 33.9 Å². The summed E-state index contributed by atoms with van der Waals surface area (Å²) in [7, 11) is -8.41. The molecule has 266 valence electrons. The summed E-state index contributed by atoms with van der Waals surface area (Å²) in [6.45, 7) is 11.9. The Morgan fingerprint density at radius 2 is 1.80 bits per heavy atom. The third-order valence-electron chi connectivity index (χ3n) is 8.67. The Labute approximate surface area is 283 Å². The fraction of sp³-hybridized carbons (Fsp3) is 0.433. The summed E-state index contributed by atoms with van der Waals surface area (Å²) in [5, 5.41) is 15.2. The summed E-state index contributed by atoms with van der Waals surface area (Å²) in [5.74, 6) is -3.31. The summed E-state index contributed by atoms with van der Waals surface area (Å²) in [6.07, 6.45) is -1.19. The second-order valence-electron chi connectivity index (χ2n) is 12.8. The van der Waals surface area contributed by atoms with Gasteiger partial charge in [0, 0.05) is 24.2 Å². The molecule has 49 heavy (non-hydrogen) atoms. The van der Waals surface area contributed by atoms with Gasteiger partial charge in [0.25, 0.3) is 0 Å². The van der Waals surface area contributed by atoms with E-state index in [-0.39, 0.29) is 69.7 Å². The first kappa shape index (κ1) is 36.5. The molecule has 4 aromatic rings. The minimum absolute atomic E-state index is 0.0384. The first-order chi connectivity index (χ1) is 22.6. The fourth-order valence-corrected chi connectivity index (χ4v) is 7.47. The van der Waals surface area contributed by atoms with E-state index in [4.69, 9.17) is 9.16 Å². The number of rotatable bonds is 9.